The maximum Gasteiger partial charge on any atom is 0.119 e. The minimum Gasteiger partial charge on any atom is -0.490 e. The van der Waals surface area contributed by atoms with Crippen LogP contribution in [0.3, 0.4) is 0 Å². The van der Waals surface area contributed by atoms with E-state index in [1.165, 1.54) is 22.2 Å². The van der Waals surface area contributed by atoms with E-state index in [4.69, 9.17) is 22.1 Å². The monoisotopic (exact) mass is 401 g/mol. The van der Waals surface area contributed by atoms with Crippen LogP contribution in [-0.2, 0) is 6.42 Å². The highest BCUT2D eigenvalue weighted by Gasteiger charge is 2.25. The first kappa shape index (κ1) is 19.9. The number of nitrogens with one attached hydrogen (secondary N) is 2. The van der Waals surface area contributed by atoms with Crippen LogP contribution in [0.1, 0.15) is 22.9 Å². The number of fused-ring (bicyclic) bond motifs is 3. The van der Waals surface area contributed by atoms with Crippen molar-refractivity contribution in [2.24, 2.45) is 5.73 Å². The largest absolute Gasteiger partial charge is 0.490 e. The molecule has 0 aliphatic carbocycles. The molecule has 2 atom stereocenters. The van der Waals surface area contributed by atoms with Crippen molar-refractivity contribution in [2.45, 2.75) is 12.5 Å². The van der Waals surface area contributed by atoms with Gasteiger partial charge in [-0.3, -0.25) is 0 Å². The lowest BCUT2D eigenvalue weighted by Gasteiger charge is -2.25. The molecule has 4 N–H and O–H groups in total. The molecule has 0 fully saturated rings. The van der Waals surface area contributed by atoms with E-state index in [0.29, 0.717) is 12.9 Å². The van der Waals surface area contributed by atoms with Gasteiger partial charge in [-0.25, -0.2) is 0 Å². The summed E-state index contributed by atoms with van der Waals surface area (Å²) in [5, 5.41) is 5.62. The van der Waals surface area contributed by atoms with Crippen molar-refractivity contribution in [3.05, 3.63) is 77.0 Å². The van der Waals surface area contributed by atoms with Crippen LogP contribution < -0.4 is 15.8 Å². The first-order chi connectivity index (χ1) is 13.2. The summed E-state index contributed by atoms with van der Waals surface area (Å²) >= 11 is 6.18. The van der Waals surface area contributed by atoms with Crippen LogP contribution in [-0.4, -0.2) is 24.4 Å². The molecule has 0 spiro atoms. The van der Waals surface area contributed by atoms with E-state index >= 15 is 0 Å². The number of hydrogen-bond donors (Lipinski definition) is 3. The number of benzene rings is 2. The Morgan fingerprint density at radius 1 is 1.26 bits per heavy atom. The summed E-state index contributed by atoms with van der Waals surface area (Å²) in [6.45, 7) is 5.14. The molecule has 1 aliphatic rings. The highest BCUT2D eigenvalue weighted by molar-refractivity contribution is 7.16. The van der Waals surface area contributed by atoms with E-state index in [1.807, 2.05) is 18.2 Å². The molecule has 2 aromatic carbocycles. The number of nitrogens with two attached hydrogens (primary N) is 1. The van der Waals surface area contributed by atoms with Gasteiger partial charge in [0, 0.05) is 34.5 Å². The summed E-state index contributed by atoms with van der Waals surface area (Å²) in [5.41, 5.74) is 9.77. The van der Waals surface area contributed by atoms with E-state index in [0.717, 1.165) is 29.3 Å². The Morgan fingerprint density at radius 2 is 2.00 bits per heavy atom. The minimum atomic E-state index is 0.161. The average molecular weight is 402 g/mol. The summed E-state index contributed by atoms with van der Waals surface area (Å²) in [5.74, 6) is 0.859. The molecular formula is C21H25ClN3OP. The maximum absolute atomic E-state index is 6.18. The van der Waals surface area contributed by atoms with Crippen molar-refractivity contribution in [1.29, 1.82) is 0 Å². The fourth-order valence-corrected chi connectivity index (χ4v) is 3.57. The average Bonchev–Trinajstić information content (AvgIpc) is 3.05. The fourth-order valence-electron chi connectivity index (χ4n) is 3.40. The van der Waals surface area contributed by atoms with Crippen LogP contribution in [0.4, 0.5) is 0 Å². The Labute approximate surface area is 167 Å². The zero-order chi connectivity index (χ0) is 19.2. The van der Waals surface area contributed by atoms with Gasteiger partial charge in [0.15, 0.2) is 0 Å². The van der Waals surface area contributed by atoms with Gasteiger partial charge < -0.3 is 20.8 Å². The summed E-state index contributed by atoms with van der Waals surface area (Å²) in [7, 11) is 2.36. The van der Waals surface area contributed by atoms with E-state index in [-0.39, 0.29) is 6.04 Å². The number of ether oxygens (including phenoxy) is 1. The van der Waals surface area contributed by atoms with Crippen molar-refractivity contribution in [3.63, 3.8) is 0 Å². The van der Waals surface area contributed by atoms with Crippen molar-refractivity contribution in [1.82, 2.24) is 10.3 Å². The van der Waals surface area contributed by atoms with E-state index < -0.39 is 0 Å². The molecule has 27 heavy (non-hydrogen) atoms. The van der Waals surface area contributed by atoms with Gasteiger partial charge in [0.05, 0.1) is 6.04 Å². The fraction of sp³-hybridized carbons (Fsp3) is 0.238. The molecule has 0 saturated carbocycles. The highest BCUT2D eigenvalue weighted by atomic mass is 35.5. The van der Waals surface area contributed by atoms with E-state index in [1.54, 1.807) is 6.08 Å². The van der Waals surface area contributed by atoms with Crippen LogP contribution in [0.15, 0.2) is 55.1 Å². The molecule has 0 amide bonds. The summed E-state index contributed by atoms with van der Waals surface area (Å²) in [4.78, 5) is 3.58. The molecule has 4 nitrogen and oxygen atoms in total. The molecule has 0 saturated heterocycles. The van der Waals surface area contributed by atoms with E-state index in [9.17, 15) is 0 Å². The van der Waals surface area contributed by atoms with Crippen LogP contribution >= 0.6 is 20.8 Å². The predicted octanol–water partition coefficient (Wildman–Crippen LogP) is 4.40. The van der Waals surface area contributed by atoms with Crippen molar-refractivity contribution in [2.75, 3.05) is 19.4 Å². The standard InChI is InChI=1S/C20H19ClN2O.CH6NP/c1-2-11-24-15-6-3-13(4-7-15)19-20-16(9-10-22-19)17-12-14(21)5-8-18(17)23-20;2-1-3/h2-8,12,19,22-23H,1,9-11H2;1-3H2/t19-;/m0./s1. The van der Waals surface area contributed by atoms with Gasteiger partial charge in [0.2, 0.25) is 0 Å². The SMILES string of the molecule is C=CCOc1ccc([C@@H]2NCCc3c2[nH]c2ccc(Cl)cc32)cc1.NCP. The normalized spacial score (nSPS) is 15.6. The zero-order valence-corrected chi connectivity index (χ0v) is 17.1. The molecule has 1 unspecified atom stereocenters. The third kappa shape index (κ3) is 4.53. The molecule has 1 aliphatic heterocycles. The van der Waals surface area contributed by atoms with Crippen LogP contribution in [0.2, 0.25) is 5.02 Å². The quantitative estimate of drug-likeness (QED) is 0.448. The predicted molar refractivity (Wildman–Crippen MR) is 118 cm³/mol. The zero-order valence-electron chi connectivity index (χ0n) is 15.2. The van der Waals surface area contributed by atoms with Crippen molar-refractivity contribution in [3.8, 4) is 5.75 Å². The lowest BCUT2D eigenvalue weighted by Crippen LogP contribution is -2.30. The number of H-pyrrole nitrogens is 1. The van der Waals surface area contributed by atoms with Gasteiger partial charge in [0.1, 0.15) is 12.4 Å². The molecular weight excluding hydrogens is 377 g/mol. The van der Waals surface area contributed by atoms with Crippen molar-refractivity contribution < 1.29 is 4.74 Å². The smallest absolute Gasteiger partial charge is 0.119 e. The second-order valence-corrected chi connectivity index (χ2v) is 7.16. The summed E-state index contributed by atoms with van der Waals surface area (Å²) in [6.07, 6.45) is 3.42. The van der Waals surface area contributed by atoms with Crippen molar-refractivity contribution >= 4 is 31.7 Å². The Kier molecular flexibility index (Phi) is 6.92. The molecule has 0 radical (unpaired) electrons. The minimum absolute atomic E-state index is 0.161. The number of aromatic nitrogens is 1. The lowest BCUT2D eigenvalue weighted by atomic mass is 9.94. The summed E-state index contributed by atoms with van der Waals surface area (Å²) in [6, 6.07) is 14.4. The first-order valence-corrected chi connectivity index (χ1v) is 10.1. The Balaban J connectivity index is 0.000000659. The molecule has 6 heteroatoms. The Bertz CT molecular complexity index is 908. The summed E-state index contributed by atoms with van der Waals surface area (Å²) < 4.78 is 5.57. The second kappa shape index (κ2) is 9.38. The van der Waals surface area contributed by atoms with E-state index in [2.05, 4.69) is 50.4 Å². The highest BCUT2D eigenvalue weighted by Crippen LogP contribution is 2.34. The lowest BCUT2D eigenvalue weighted by molar-refractivity contribution is 0.363. The van der Waals surface area contributed by atoms with Gasteiger partial charge in [-0.05, 0) is 47.9 Å². The topological polar surface area (TPSA) is 63.1 Å². The molecule has 4 rings (SSSR count). The van der Waals surface area contributed by atoms with Gasteiger partial charge in [0.25, 0.3) is 0 Å². The first-order valence-electron chi connectivity index (χ1n) is 8.95. The van der Waals surface area contributed by atoms with Crippen LogP contribution in [0, 0.1) is 0 Å². The number of rotatable bonds is 4. The molecule has 142 valence electrons. The van der Waals surface area contributed by atoms with Gasteiger partial charge >= 0.3 is 0 Å². The number of aromatic amines is 1. The Morgan fingerprint density at radius 3 is 2.70 bits per heavy atom. The Hall–Kier alpha value is -1.84. The number of hydrogen-bond acceptors (Lipinski definition) is 3. The van der Waals surface area contributed by atoms with Gasteiger partial charge in [-0.2, -0.15) is 0 Å². The van der Waals surface area contributed by atoms with Crippen LogP contribution in [0.5, 0.6) is 5.75 Å². The third-order valence-corrected chi connectivity index (χ3v) is 4.73. The third-order valence-electron chi connectivity index (χ3n) is 4.49. The number of halogens is 1. The molecule has 2 heterocycles. The molecule has 0 bridgehead atoms. The second-order valence-electron chi connectivity index (χ2n) is 6.25. The molecule has 3 aromatic rings. The molecule has 1 aromatic heterocycles. The maximum atomic E-state index is 6.18. The van der Waals surface area contributed by atoms with Gasteiger partial charge in [-0.1, -0.05) is 36.4 Å². The van der Waals surface area contributed by atoms with Gasteiger partial charge in [-0.15, -0.1) is 9.24 Å². The van der Waals surface area contributed by atoms with Crippen LogP contribution in [0.25, 0.3) is 10.9 Å².